The molecule has 28 heavy (non-hydrogen) atoms. The van der Waals surface area contributed by atoms with Crippen LogP contribution in [-0.4, -0.2) is 31.0 Å². The summed E-state index contributed by atoms with van der Waals surface area (Å²) in [6, 6.07) is 11.5. The predicted molar refractivity (Wildman–Crippen MR) is 121 cm³/mol. The molecule has 1 heterocycles. The lowest BCUT2D eigenvalue weighted by Gasteiger charge is -2.19. The first-order valence-corrected chi connectivity index (χ1v) is 9.96. The third-order valence-corrected chi connectivity index (χ3v) is 4.59. The van der Waals surface area contributed by atoms with Gasteiger partial charge in [0.05, 0.1) is 11.9 Å². The second kappa shape index (κ2) is 10.8. The van der Waals surface area contributed by atoms with Gasteiger partial charge >= 0.3 is 0 Å². The van der Waals surface area contributed by atoms with Gasteiger partial charge in [-0.05, 0) is 28.1 Å². The van der Waals surface area contributed by atoms with Gasteiger partial charge in [0.1, 0.15) is 5.82 Å². The Morgan fingerprint density at radius 2 is 2.07 bits per heavy atom. The van der Waals surface area contributed by atoms with Crippen LogP contribution in [0.1, 0.15) is 11.1 Å². The van der Waals surface area contributed by atoms with Crippen LogP contribution in [0, 0.1) is 5.21 Å². The molecular formula is C20H21Br2N5O. The zero-order valence-corrected chi connectivity index (χ0v) is 18.8. The molecule has 8 heteroatoms. The van der Waals surface area contributed by atoms with Crippen molar-refractivity contribution in [1.29, 1.82) is 0 Å². The molecule has 0 bridgehead atoms. The molecule has 0 saturated carbocycles. The SMILES string of the molecule is C=C(Br)/C=N\N(C)/C(=C\C(=N/C)c1ccccc1Br)NCc1ccc[n+]([O-])c1. The Kier molecular flexibility index (Phi) is 8.41. The Labute approximate surface area is 181 Å². The third-order valence-electron chi connectivity index (χ3n) is 3.69. The highest BCUT2D eigenvalue weighted by molar-refractivity contribution is 9.12. The average Bonchev–Trinajstić information content (AvgIpc) is 2.67. The lowest BCUT2D eigenvalue weighted by molar-refractivity contribution is -0.605. The second-order valence-electron chi connectivity index (χ2n) is 5.76. The third kappa shape index (κ3) is 6.61. The van der Waals surface area contributed by atoms with Crippen LogP contribution in [0.2, 0.25) is 0 Å². The zero-order chi connectivity index (χ0) is 20.5. The summed E-state index contributed by atoms with van der Waals surface area (Å²) in [5.74, 6) is 0.711. The summed E-state index contributed by atoms with van der Waals surface area (Å²) in [6.45, 7) is 4.21. The Balaban J connectivity index is 2.34. The highest BCUT2D eigenvalue weighted by Gasteiger charge is 2.10. The number of hydrogen-bond donors (Lipinski definition) is 1. The molecule has 0 aliphatic carbocycles. The number of rotatable bonds is 8. The van der Waals surface area contributed by atoms with Gasteiger partial charge in [0, 0.05) is 52.9 Å². The van der Waals surface area contributed by atoms with Gasteiger partial charge in [-0.15, -0.1) is 0 Å². The van der Waals surface area contributed by atoms with Gasteiger partial charge in [-0.2, -0.15) is 9.83 Å². The van der Waals surface area contributed by atoms with Gasteiger partial charge in [-0.1, -0.05) is 40.7 Å². The van der Waals surface area contributed by atoms with Crippen LogP contribution in [0.3, 0.4) is 0 Å². The molecule has 0 aliphatic rings. The number of allylic oxidation sites excluding steroid dienone is 2. The minimum absolute atomic E-state index is 0.455. The molecule has 1 aromatic carbocycles. The van der Waals surface area contributed by atoms with Gasteiger partial charge in [0.15, 0.2) is 12.4 Å². The van der Waals surface area contributed by atoms with Crippen molar-refractivity contribution in [3.8, 4) is 0 Å². The van der Waals surface area contributed by atoms with E-state index in [2.05, 4.69) is 53.8 Å². The smallest absolute Gasteiger partial charge is 0.185 e. The topological polar surface area (TPSA) is 66.9 Å². The molecule has 0 radical (unpaired) electrons. The fraction of sp³-hybridized carbons (Fsp3) is 0.150. The van der Waals surface area contributed by atoms with Crippen molar-refractivity contribution in [1.82, 2.24) is 10.3 Å². The highest BCUT2D eigenvalue weighted by Crippen LogP contribution is 2.18. The van der Waals surface area contributed by atoms with E-state index in [-0.39, 0.29) is 0 Å². The van der Waals surface area contributed by atoms with Gasteiger partial charge in [0.2, 0.25) is 0 Å². The van der Waals surface area contributed by atoms with Crippen molar-refractivity contribution in [3.63, 3.8) is 0 Å². The molecule has 0 spiro atoms. The van der Waals surface area contributed by atoms with Crippen LogP contribution >= 0.6 is 31.9 Å². The number of nitrogens with one attached hydrogen (secondary N) is 1. The maximum Gasteiger partial charge on any atom is 0.185 e. The van der Waals surface area contributed by atoms with Crippen molar-refractivity contribution in [3.05, 3.63) is 92.6 Å². The van der Waals surface area contributed by atoms with Crippen molar-refractivity contribution in [2.75, 3.05) is 14.1 Å². The lowest BCUT2D eigenvalue weighted by atomic mass is 10.1. The first-order chi connectivity index (χ1) is 13.4. The summed E-state index contributed by atoms with van der Waals surface area (Å²) in [4.78, 5) is 4.42. The van der Waals surface area contributed by atoms with Gasteiger partial charge in [-0.25, -0.2) is 0 Å². The van der Waals surface area contributed by atoms with Crippen molar-refractivity contribution in [2.24, 2.45) is 10.1 Å². The molecule has 6 nitrogen and oxygen atoms in total. The van der Waals surface area contributed by atoms with E-state index in [1.165, 1.54) is 12.4 Å². The fourth-order valence-electron chi connectivity index (χ4n) is 2.33. The quantitative estimate of drug-likeness (QED) is 0.255. The summed E-state index contributed by atoms with van der Waals surface area (Å²) in [6.07, 6.45) is 6.48. The maximum absolute atomic E-state index is 11.5. The monoisotopic (exact) mass is 505 g/mol. The van der Waals surface area contributed by atoms with Gasteiger partial charge in [-0.3, -0.25) is 10.0 Å². The zero-order valence-electron chi connectivity index (χ0n) is 15.6. The number of halogens is 2. The van der Waals surface area contributed by atoms with E-state index in [0.717, 1.165) is 26.0 Å². The molecule has 2 aromatic rings. The van der Waals surface area contributed by atoms with Crippen LogP contribution < -0.4 is 10.0 Å². The number of hydrazone groups is 1. The normalized spacial score (nSPS) is 12.3. The van der Waals surface area contributed by atoms with E-state index in [1.54, 1.807) is 24.3 Å². The Morgan fingerprint density at radius 1 is 1.32 bits per heavy atom. The second-order valence-corrected chi connectivity index (χ2v) is 7.63. The van der Waals surface area contributed by atoms with E-state index in [1.807, 2.05) is 43.5 Å². The molecule has 146 valence electrons. The number of hydrogen-bond acceptors (Lipinski definition) is 5. The van der Waals surface area contributed by atoms with Crippen LogP contribution in [0.5, 0.6) is 0 Å². The molecule has 1 aromatic heterocycles. The summed E-state index contributed by atoms with van der Waals surface area (Å²) >= 11 is 6.84. The molecule has 1 N–H and O–H groups in total. The molecule has 0 atom stereocenters. The van der Waals surface area contributed by atoms with E-state index < -0.39 is 0 Å². The summed E-state index contributed by atoms with van der Waals surface area (Å²) < 4.78 is 2.38. The first-order valence-electron chi connectivity index (χ1n) is 8.37. The van der Waals surface area contributed by atoms with Crippen LogP contribution in [-0.2, 0) is 6.54 Å². The Morgan fingerprint density at radius 3 is 2.71 bits per heavy atom. The number of pyridine rings is 1. The fourth-order valence-corrected chi connectivity index (χ4v) is 2.91. The van der Waals surface area contributed by atoms with Crippen molar-refractivity contribution in [2.45, 2.75) is 6.54 Å². The maximum atomic E-state index is 11.5. The van der Waals surface area contributed by atoms with E-state index >= 15 is 0 Å². The molecule has 2 rings (SSSR count). The number of nitrogens with zero attached hydrogens (tertiary/aromatic N) is 4. The predicted octanol–water partition coefficient (Wildman–Crippen LogP) is 3.96. The molecule has 0 unspecified atom stereocenters. The molecular weight excluding hydrogens is 486 g/mol. The first kappa shape index (κ1) is 21.8. The van der Waals surface area contributed by atoms with Crippen molar-refractivity contribution >= 4 is 43.8 Å². The van der Waals surface area contributed by atoms with E-state index in [0.29, 0.717) is 16.8 Å². The van der Waals surface area contributed by atoms with Gasteiger partial charge in [0.25, 0.3) is 0 Å². The Bertz CT molecular complexity index is 924. The molecule has 0 saturated heterocycles. The largest absolute Gasteiger partial charge is 0.619 e. The number of aliphatic imine (C=N–C) groups is 1. The molecule has 0 fully saturated rings. The summed E-state index contributed by atoms with van der Waals surface area (Å²) in [5, 5.41) is 20.9. The number of benzene rings is 1. The minimum Gasteiger partial charge on any atom is -0.619 e. The number of aromatic nitrogens is 1. The Hall–Kier alpha value is -2.45. The van der Waals surface area contributed by atoms with Crippen molar-refractivity contribution < 1.29 is 4.73 Å². The summed E-state index contributed by atoms with van der Waals surface area (Å²) in [5.41, 5.74) is 2.59. The molecule has 0 amide bonds. The average molecular weight is 507 g/mol. The van der Waals surface area contributed by atoms with E-state index in [4.69, 9.17) is 0 Å². The van der Waals surface area contributed by atoms with Crippen LogP contribution in [0.25, 0.3) is 0 Å². The van der Waals surface area contributed by atoms with Gasteiger partial charge < -0.3 is 10.5 Å². The van der Waals surface area contributed by atoms with Crippen LogP contribution in [0.15, 0.2) is 86.3 Å². The van der Waals surface area contributed by atoms with E-state index in [9.17, 15) is 5.21 Å². The standard InChI is InChI=1S/C20H21Br2N5O/c1-15(21)12-25-26(3)20(24-13-16-7-6-10-27(28)14-16)11-19(23-2)17-8-4-5-9-18(17)22/h4-12,14,24H,1,13H2,2-3H3/b20-11-,23-19+,25-12-. The van der Waals surface area contributed by atoms with Crippen LogP contribution in [0.4, 0.5) is 0 Å². The lowest BCUT2D eigenvalue weighted by Crippen LogP contribution is -2.29. The highest BCUT2D eigenvalue weighted by atomic mass is 79.9. The molecule has 0 aliphatic heterocycles. The minimum atomic E-state index is 0.455. The summed E-state index contributed by atoms with van der Waals surface area (Å²) in [7, 11) is 3.56.